The maximum atomic E-state index is 5.50. The van der Waals surface area contributed by atoms with E-state index in [1.54, 1.807) is 0 Å². The first-order valence-electron chi connectivity index (χ1n) is 9.16. The number of hydrogen-bond acceptors (Lipinski definition) is 4. The number of aromatic nitrogens is 1. The van der Waals surface area contributed by atoms with Crippen LogP contribution >= 0.6 is 24.0 Å². The van der Waals surface area contributed by atoms with Gasteiger partial charge in [0, 0.05) is 45.3 Å². The standard InChI is InChI=1S/C18H32N4O2.HI/c1-5-15-14(16(6-2)24-22-15)12-20-17(19-4)21-13-18(8-9-18)10-11-23-7-3;/h5-13H2,1-4H3,(H2,19,20,21);1H. The van der Waals surface area contributed by atoms with Crippen LogP contribution in [0.1, 0.15) is 57.1 Å². The number of nitrogens with zero attached hydrogens (tertiary/aromatic N) is 2. The highest BCUT2D eigenvalue weighted by atomic mass is 127. The molecule has 25 heavy (non-hydrogen) atoms. The van der Waals surface area contributed by atoms with E-state index in [4.69, 9.17) is 9.26 Å². The van der Waals surface area contributed by atoms with Crippen LogP contribution in [-0.4, -0.2) is 37.9 Å². The third-order valence-electron chi connectivity index (χ3n) is 4.83. The molecule has 1 heterocycles. The zero-order chi connectivity index (χ0) is 17.4. The topological polar surface area (TPSA) is 71.7 Å². The minimum absolute atomic E-state index is 0. The zero-order valence-corrected chi connectivity index (χ0v) is 18.3. The summed E-state index contributed by atoms with van der Waals surface area (Å²) in [4.78, 5) is 4.34. The van der Waals surface area contributed by atoms with Crippen molar-refractivity contribution in [1.29, 1.82) is 0 Å². The number of rotatable bonds is 10. The Morgan fingerprint density at radius 1 is 1.24 bits per heavy atom. The molecule has 2 rings (SSSR count). The van der Waals surface area contributed by atoms with E-state index >= 15 is 0 Å². The Labute approximate surface area is 168 Å². The molecule has 1 fully saturated rings. The molecule has 0 atom stereocenters. The van der Waals surface area contributed by atoms with Crippen LogP contribution in [0.5, 0.6) is 0 Å². The predicted octanol–water partition coefficient (Wildman–Crippen LogP) is 3.29. The summed E-state index contributed by atoms with van der Waals surface area (Å²) in [6, 6.07) is 0. The molecule has 0 bridgehead atoms. The van der Waals surface area contributed by atoms with Gasteiger partial charge in [-0.05, 0) is 38.0 Å². The molecule has 0 radical (unpaired) electrons. The van der Waals surface area contributed by atoms with Crippen molar-refractivity contribution in [2.75, 3.05) is 26.8 Å². The fourth-order valence-electron chi connectivity index (χ4n) is 2.93. The summed E-state index contributed by atoms with van der Waals surface area (Å²) in [5, 5.41) is 11.0. The van der Waals surface area contributed by atoms with Crippen molar-refractivity contribution in [3.63, 3.8) is 0 Å². The number of halogens is 1. The SMILES string of the molecule is CCOCCC1(CNC(=NC)NCc2c(CC)noc2CC)CC1.I. The summed E-state index contributed by atoms with van der Waals surface area (Å²) in [6.07, 6.45) is 5.41. The van der Waals surface area contributed by atoms with Gasteiger partial charge in [0.1, 0.15) is 5.76 Å². The van der Waals surface area contributed by atoms with Crippen LogP contribution in [0.2, 0.25) is 0 Å². The molecule has 6 nitrogen and oxygen atoms in total. The third-order valence-corrected chi connectivity index (χ3v) is 4.83. The quantitative estimate of drug-likeness (QED) is 0.241. The maximum absolute atomic E-state index is 5.50. The molecule has 0 unspecified atom stereocenters. The van der Waals surface area contributed by atoms with Crippen molar-refractivity contribution < 1.29 is 9.26 Å². The minimum atomic E-state index is 0. The molecule has 1 aliphatic rings. The Balaban J connectivity index is 0.00000312. The number of nitrogens with one attached hydrogen (secondary N) is 2. The monoisotopic (exact) mass is 464 g/mol. The second-order valence-corrected chi connectivity index (χ2v) is 6.46. The van der Waals surface area contributed by atoms with Gasteiger partial charge in [-0.3, -0.25) is 4.99 Å². The molecule has 7 heteroatoms. The third kappa shape index (κ3) is 6.44. The highest BCUT2D eigenvalue weighted by Crippen LogP contribution is 2.48. The van der Waals surface area contributed by atoms with Crippen LogP contribution < -0.4 is 10.6 Å². The van der Waals surface area contributed by atoms with E-state index in [2.05, 4.69) is 34.6 Å². The molecule has 144 valence electrons. The number of hydrogen-bond donors (Lipinski definition) is 2. The predicted molar refractivity (Wildman–Crippen MR) is 112 cm³/mol. The minimum Gasteiger partial charge on any atom is -0.382 e. The first-order valence-corrected chi connectivity index (χ1v) is 9.16. The van der Waals surface area contributed by atoms with Gasteiger partial charge in [0.2, 0.25) is 0 Å². The fourth-order valence-corrected chi connectivity index (χ4v) is 2.93. The largest absolute Gasteiger partial charge is 0.382 e. The van der Waals surface area contributed by atoms with Crippen LogP contribution in [-0.2, 0) is 24.1 Å². The lowest BCUT2D eigenvalue weighted by atomic mass is 10.0. The second kappa shape index (κ2) is 11.0. The van der Waals surface area contributed by atoms with E-state index in [1.165, 1.54) is 18.4 Å². The van der Waals surface area contributed by atoms with Crippen LogP contribution in [0.15, 0.2) is 9.52 Å². The van der Waals surface area contributed by atoms with E-state index in [0.717, 1.165) is 56.4 Å². The molecule has 1 saturated carbocycles. The maximum Gasteiger partial charge on any atom is 0.191 e. The average Bonchev–Trinajstić information content (AvgIpc) is 3.26. The van der Waals surface area contributed by atoms with Crippen molar-refractivity contribution >= 4 is 29.9 Å². The zero-order valence-electron chi connectivity index (χ0n) is 16.0. The van der Waals surface area contributed by atoms with E-state index in [-0.39, 0.29) is 24.0 Å². The van der Waals surface area contributed by atoms with E-state index in [1.807, 2.05) is 14.0 Å². The second-order valence-electron chi connectivity index (χ2n) is 6.46. The lowest BCUT2D eigenvalue weighted by Crippen LogP contribution is -2.40. The molecule has 0 saturated heterocycles. The smallest absolute Gasteiger partial charge is 0.191 e. The van der Waals surface area contributed by atoms with Gasteiger partial charge in [-0.25, -0.2) is 0 Å². The lowest BCUT2D eigenvalue weighted by molar-refractivity contribution is 0.128. The molecule has 1 aromatic heterocycles. The highest BCUT2D eigenvalue weighted by Gasteiger charge is 2.41. The van der Waals surface area contributed by atoms with Crippen molar-refractivity contribution in [2.24, 2.45) is 10.4 Å². The summed E-state index contributed by atoms with van der Waals surface area (Å²) in [5.41, 5.74) is 2.60. The van der Waals surface area contributed by atoms with Gasteiger partial charge in [-0.15, -0.1) is 24.0 Å². The van der Waals surface area contributed by atoms with Crippen molar-refractivity contribution in [3.05, 3.63) is 17.0 Å². The molecule has 0 aromatic carbocycles. The molecule has 1 aromatic rings. The van der Waals surface area contributed by atoms with Gasteiger partial charge in [-0.1, -0.05) is 19.0 Å². The Morgan fingerprint density at radius 3 is 2.56 bits per heavy atom. The van der Waals surface area contributed by atoms with Crippen molar-refractivity contribution in [1.82, 2.24) is 15.8 Å². The van der Waals surface area contributed by atoms with Crippen molar-refractivity contribution in [2.45, 2.75) is 59.4 Å². The molecule has 0 aliphatic heterocycles. The average molecular weight is 464 g/mol. The van der Waals surface area contributed by atoms with Crippen LogP contribution in [0, 0.1) is 5.41 Å². The van der Waals surface area contributed by atoms with Gasteiger partial charge >= 0.3 is 0 Å². The normalized spacial score (nSPS) is 15.6. The molecule has 2 N–H and O–H groups in total. The van der Waals surface area contributed by atoms with E-state index < -0.39 is 0 Å². The fraction of sp³-hybridized carbons (Fsp3) is 0.778. The van der Waals surface area contributed by atoms with Crippen LogP contribution in [0.3, 0.4) is 0 Å². The van der Waals surface area contributed by atoms with Gasteiger partial charge in [0.05, 0.1) is 5.69 Å². The molecule has 0 spiro atoms. The van der Waals surface area contributed by atoms with Gasteiger partial charge in [-0.2, -0.15) is 0 Å². The Morgan fingerprint density at radius 2 is 2.00 bits per heavy atom. The molecular weight excluding hydrogens is 431 g/mol. The summed E-state index contributed by atoms with van der Waals surface area (Å²) in [6.45, 7) is 9.53. The van der Waals surface area contributed by atoms with Gasteiger partial charge in [0.15, 0.2) is 5.96 Å². The first-order chi connectivity index (χ1) is 11.7. The number of ether oxygens (including phenoxy) is 1. The van der Waals surface area contributed by atoms with Crippen LogP contribution in [0.25, 0.3) is 0 Å². The molecular formula is C18H33IN4O2. The first kappa shape index (κ1) is 22.2. The summed E-state index contributed by atoms with van der Waals surface area (Å²) < 4.78 is 10.9. The summed E-state index contributed by atoms with van der Waals surface area (Å²) in [5.74, 6) is 1.80. The van der Waals surface area contributed by atoms with Crippen molar-refractivity contribution in [3.8, 4) is 0 Å². The van der Waals surface area contributed by atoms with Gasteiger partial charge in [0.25, 0.3) is 0 Å². The molecule has 1 aliphatic carbocycles. The summed E-state index contributed by atoms with van der Waals surface area (Å²) >= 11 is 0. The Kier molecular flexibility index (Phi) is 9.78. The summed E-state index contributed by atoms with van der Waals surface area (Å²) in [7, 11) is 1.81. The molecule has 0 amide bonds. The van der Waals surface area contributed by atoms with Gasteiger partial charge < -0.3 is 19.9 Å². The lowest BCUT2D eigenvalue weighted by Gasteiger charge is -2.18. The number of aryl methyl sites for hydroxylation is 2. The van der Waals surface area contributed by atoms with Crippen LogP contribution in [0.4, 0.5) is 0 Å². The number of guanidine groups is 1. The Hall–Kier alpha value is -0.830. The number of aliphatic imine (C=N–C) groups is 1. The highest BCUT2D eigenvalue weighted by molar-refractivity contribution is 14.0. The van der Waals surface area contributed by atoms with E-state index in [9.17, 15) is 0 Å². The van der Waals surface area contributed by atoms with E-state index in [0.29, 0.717) is 12.0 Å². The Bertz CT molecular complexity index is 520.